The van der Waals surface area contributed by atoms with Gasteiger partial charge in [0.1, 0.15) is 0 Å². The highest BCUT2D eigenvalue weighted by molar-refractivity contribution is 5.95. The maximum Gasteiger partial charge on any atom is 0.228 e. The highest BCUT2D eigenvalue weighted by atomic mass is 16.1. The number of carbonyl (C=O) groups is 1. The number of amides is 1. The molecule has 0 radical (unpaired) electrons. The standard InChI is InChI=1S/C17H14N2O/c20-17(11-13-7-9-18-10-8-13)19-16-6-5-14-3-1-2-4-15(14)12-16/h1-10,12H,11H2,(H,19,20). The van der Waals surface area contributed by atoms with Gasteiger partial charge >= 0.3 is 0 Å². The Kier molecular flexibility index (Phi) is 3.42. The van der Waals surface area contributed by atoms with Gasteiger partial charge in [-0.1, -0.05) is 30.3 Å². The van der Waals surface area contributed by atoms with E-state index in [-0.39, 0.29) is 5.91 Å². The Morgan fingerprint density at radius 1 is 0.950 bits per heavy atom. The van der Waals surface area contributed by atoms with Crippen molar-refractivity contribution in [3.63, 3.8) is 0 Å². The minimum absolute atomic E-state index is 0.0218. The summed E-state index contributed by atoms with van der Waals surface area (Å²) in [4.78, 5) is 15.9. The first-order valence-corrected chi connectivity index (χ1v) is 6.49. The fourth-order valence-corrected chi connectivity index (χ4v) is 2.16. The molecule has 0 fully saturated rings. The molecule has 0 unspecified atom stereocenters. The fraction of sp³-hybridized carbons (Fsp3) is 0.0588. The molecule has 0 spiro atoms. The highest BCUT2D eigenvalue weighted by Gasteiger charge is 2.04. The molecule has 1 amide bonds. The van der Waals surface area contributed by atoms with Gasteiger partial charge in [0.25, 0.3) is 0 Å². The summed E-state index contributed by atoms with van der Waals surface area (Å²) in [7, 11) is 0. The van der Waals surface area contributed by atoms with Crippen LogP contribution in [0.5, 0.6) is 0 Å². The van der Waals surface area contributed by atoms with Gasteiger partial charge in [0, 0.05) is 18.1 Å². The molecule has 0 saturated heterocycles. The quantitative estimate of drug-likeness (QED) is 0.786. The lowest BCUT2D eigenvalue weighted by Gasteiger charge is -2.06. The van der Waals surface area contributed by atoms with Crippen molar-refractivity contribution < 1.29 is 4.79 Å². The van der Waals surface area contributed by atoms with E-state index in [4.69, 9.17) is 0 Å². The summed E-state index contributed by atoms with van der Waals surface area (Å²) in [5.74, 6) is -0.0218. The van der Waals surface area contributed by atoms with Crippen LogP contribution in [0, 0.1) is 0 Å². The zero-order valence-electron chi connectivity index (χ0n) is 10.9. The van der Waals surface area contributed by atoms with Crippen LogP contribution in [0.3, 0.4) is 0 Å². The van der Waals surface area contributed by atoms with Crippen LogP contribution in [-0.4, -0.2) is 10.9 Å². The van der Waals surface area contributed by atoms with E-state index in [2.05, 4.69) is 16.4 Å². The van der Waals surface area contributed by atoms with Crippen LogP contribution in [0.15, 0.2) is 67.0 Å². The Bertz CT molecular complexity index is 738. The predicted molar refractivity (Wildman–Crippen MR) is 80.5 cm³/mol. The Balaban J connectivity index is 1.74. The second-order valence-corrected chi connectivity index (χ2v) is 4.64. The molecule has 3 aromatic rings. The molecule has 1 N–H and O–H groups in total. The van der Waals surface area contributed by atoms with Crippen molar-refractivity contribution in [1.82, 2.24) is 4.98 Å². The second kappa shape index (κ2) is 5.53. The summed E-state index contributed by atoms with van der Waals surface area (Å²) in [6, 6.07) is 17.7. The van der Waals surface area contributed by atoms with Gasteiger partial charge in [0.15, 0.2) is 0 Å². The predicted octanol–water partition coefficient (Wildman–Crippen LogP) is 3.42. The third kappa shape index (κ3) is 2.83. The van der Waals surface area contributed by atoms with Crippen LogP contribution in [-0.2, 0) is 11.2 Å². The summed E-state index contributed by atoms with van der Waals surface area (Å²) in [6.07, 6.45) is 3.74. The number of hydrogen-bond donors (Lipinski definition) is 1. The number of pyridine rings is 1. The van der Waals surface area contributed by atoms with Crippen molar-refractivity contribution in [2.75, 3.05) is 5.32 Å². The summed E-state index contributed by atoms with van der Waals surface area (Å²) in [6.45, 7) is 0. The minimum Gasteiger partial charge on any atom is -0.326 e. The number of benzene rings is 2. The smallest absolute Gasteiger partial charge is 0.228 e. The third-order valence-corrected chi connectivity index (χ3v) is 3.15. The van der Waals surface area contributed by atoms with Gasteiger partial charge in [0.2, 0.25) is 5.91 Å². The maximum absolute atomic E-state index is 12.0. The molecule has 2 aromatic carbocycles. The second-order valence-electron chi connectivity index (χ2n) is 4.64. The first-order valence-electron chi connectivity index (χ1n) is 6.49. The molecule has 1 heterocycles. The SMILES string of the molecule is O=C(Cc1ccncc1)Nc1ccc2ccccc2c1. The van der Waals surface area contributed by atoms with Gasteiger partial charge in [-0.25, -0.2) is 0 Å². The monoisotopic (exact) mass is 262 g/mol. The molecule has 1 aromatic heterocycles. The molecule has 0 aliphatic heterocycles. The largest absolute Gasteiger partial charge is 0.326 e. The van der Waals surface area contributed by atoms with Gasteiger partial charge in [-0.15, -0.1) is 0 Å². The van der Waals surface area contributed by atoms with Crippen molar-refractivity contribution in [3.05, 3.63) is 72.6 Å². The minimum atomic E-state index is -0.0218. The average molecular weight is 262 g/mol. The molecular weight excluding hydrogens is 248 g/mol. The fourth-order valence-electron chi connectivity index (χ4n) is 2.16. The Morgan fingerprint density at radius 2 is 1.70 bits per heavy atom. The zero-order chi connectivity index (χ0) is 13.8. The van der Waals surface area contributed by atoms with Gasteiger partial charge in [0.05, 0.1) is 6.42 Å². The molecular formula is C17H14N2O. The normalized spacial score (nSPS) is 10.4. The number of carbonyl (C=O) groups excluding carboxylic acids is 1. The van der Waals surface area contributed by atoms with E-state index in [9.17, 15) is 4.79 Å². The number of anilines is 1. The lowest BCUT2D eigenvalue weighted by molar-refractivity contribution is -0.115. The number of nitrogens with zero attached hydrogens (tertiary/aromatic N) is 1. The Hall–Kier alpha value is -2.68. The third-order valence-electron chi connectivity index (χ3n) is 3.15. The highest BCUT2D eigenvalue weighted by Crippen LogP contribution is 2.18. The van der Waals surface area contributed by atoms with Crippen LogP contribution >= 0.6 is 0 Å². The lowest BCUT2D eigenvalue weighted by atomic mass is 10.1. The van der Waals surface area contributed by atoms with Crippen molar-refractivity contribution in [2.45, 2.75) is 6.42 Å². The van der Waals surface area contributed by atoms with Crippen molar-refractivity contribution in [2.24, 2.45) is 0 Å². The molecule has 0 bridgehead atoms. The van der Waals surface area contributed by atoms with Crippen LogP contribution < -0.4 is 5.32 Å². The number of aromatic nitrogens is 1. The van der Waals surface area contributed by atoms with Crippen molar-refractivity contribution >= 4 is 22.4 Å². The van der Waals surface area contributed by atoms with Gasteiger partial charge < -0.3 is 5.32 Å². The number of hydrogen-bond acceptors (Lipinski definition) is 2. The van der Waals surface area contributed by atoms with E-state index >= 15 is 0 Å². The maximum atomic E-state index is 12.0. The van der Waals surface area contributed by atoms with Gasteiger partial charge in [-0.3, -0.25) is 9.78 Å². The van der Waals surface area contributed by atoms with E-state index in [0.29, 0.717) is 6.42 Å². The van der Waals surface area contributed by atoms with Gasteiger partial charge in [-0.2, -0.15) is 0 Å². The van der Waals surface area contributed by atoms with E-state index in [1.165, 1.54) is 5.39 Å². The molecule has 3 rings (SSSR count). The Morgan fingerprint density at radius 3 is 2.50 bits per heavy atom. The molecule has 0 aliphatic carbocycles. The number of nitrogens with one attached hydrogen (secondary N) is 1. The van der Waals surface area contributed by atoms with E-state index in [1.807, 2.05) is 48.5 Å². The van der Waals surface area contributed by atoms with E-state index in [0.717, 1.165) is 16.6 Å². The molecule has 98 valence electrons. The lowest BCUT2D eigenvalue weighted by Crippen LogP contribution is -2.14. The summed E-state index contributed by atoms with van der Waals surface area (Å²) in [5.41, 5.74) is 1.78. The van der Waals surface area contributed by atoms with Crippen LogP contribution in [0.4, 0.5) is 5.69 Å². The van der Waals surface area contributed by atoms with Crippen molar-refractivity contribution in [3.8, 4) is 0 Å². The first kappa shape index (κ1) is 12.4. The van der Waals surface area contributed by atoms with Crippen molar-refractivity contribution in [1.29, 1.82) is 0 Å². The number of fused-ring (bicyclic) bond motifs is 1. The van der Waals surface area contributed by atoms with E-state index in [1.54, 1.807) is 12.4 Å². The molecule has 0 aliphatic rings. The summed E-state index contributed by atoms with van der Waals surface area (Å²) < 4.78 is 0. The molecule has 0 saturated carbocycles. The van der Waals surface area contributed by atoms with Crippen LogP contribution in [0.1, 0.15) is 5.56 Å². The first-order chi connectivity index (χ1) is 9.81. The molecule has 0 atom stereocenters. The zero-order valence-corrected chi connectivity index (χ0v) is 10.9. The summed E-state index contributed by atoms with van der Waals surface area (Å²) in [5, 5.41) is 5.21. The van der Waals surface area contributed by atoms with Gasteiger partial charge in [-0.05, 0) is 40.6 Å². The Labute approximate surface area is 117 Å². The molecule has 3 heteroatoms. The number of rotatable bonds is 3. The topological polar surface area (TPSA) is 42.0 Å². The average Bonchev–Trinajstić information content (AvgIpc) is 2.48. The van der Waals surface area contributed by atoms with E-state index < -0.39 is 0 Å². The summed E-state index contributed by atoms with van der Waals surface area (Å²) >= 11 is 0. The van der Waals surface area contributed by atoms with Crippen LogP contribution in [0.25, 0.3) is 10.8 Å². The molecule has 3 nitrogen and oxygen atoms in total. The molecule has 20 heavy (non-hydrogen) atoms. The van der Waals surface area contributed by atoms with Crippen LogP contribution in [0.2, 0.25) is 0 Å².